The summed E-state index contributed by atoms with van der Waals surface area (Å²) in [5.41, 5.74) is 2.17. The van der Waals surface area contributed by atoms with Crippen molar-refractivity contribution < 1.29 is 9.15 Å². The minimum absolute atomic E-state index is 0.523. The number of methoxy groups -OCH3 is 1. The lowest BCUT2D eigenvalue weighted by molar-refractivity contribution is 0.289. The van der Waals surface area contributed by atoms with Gasteiger partial charge in [-0.25, -0.2) is 0 Å². The van der Waals surface area contributed by atoms with Gasteiger partial charge in [-0.1, -0.05) is 12.1 Å². The van der Waals surface area contributed by atoms with Crippen LogP contribution in [0.3, 0.4) is 0 Å². The zero-order valence-electron chi connectivity index (χ0n) is 14.1. The highest BCUT2D eigenvalue weighted by Gasteiger charge is 2.25. The zero-order chi connectivity index (χ0) is 17.1. The molecule has 1 saturated heterocycles. The number of benzene rings is 1. The fourth-order valence-electron chi connectivity index (χ4n) is 3.25. The minimum Gasteiger partial charge on any atom is -0.497 e. The summed E-state index contributed by atoms with van der Waals surface area (Å²) in [6, 6.07) is 11.8. The van der Waals surface area contributed by atoms with Gasteiger partial charge in [0.15, 0.2) is 0 Å². The third-order valence-electron chi connectivity index (χ3n) is 4.57. The molecule has 0 N–H and O–H groups in total. The maximum absolute atomic E-state index is 5.84. The van der Waals surface area contributed by atoms with E-state index < -0.39 is 0 Å². The number of hydrogen-bond donors (Lipinski definition) is 0. The number of rotatable bonds is 5. The Morgan fingerprint density at radius 1 is 1.24 bits per heavy atom. The second-order valence-electron chi connectivity index (χ2n) is 6.24. The minimum atomic E-state index is 0.523. The van der Waals surface area contributed by atoms with Crippen molar-refractivity contribution in [2.24, 2.45) is 0 Å². The van der Waals surface area contributed by atoms with Crippen LogP contribution in [0.2, 0.25) is 0 Å². The van der Waals surface area contributed by atoms with Crippen molar-refractivity contribution in [2.45, 2.75) is 18.9 Å². The van der Waals surface area contributed by atoms with Crippen molar-refractivity contribution in [3.63, 3.8) is 0 Å². The van der Waals surface area contributed by atoms with E-state index >= 15 is 0 Å². The number of nitrogens with zero attached hydrogens (tertiary/aromatic N) is 4. The van der Waals surface area contributed by atoms with E-state index in [9.17, 15) is 0 Å². The Balaban J connectivity index is 1.42. The molecule has 1 aromatic carbocycles. The summed E-state index contributed by atoms with van der Waals surface area (Å²) in [4.78, 5) is 6.57. The molecule has 0 amide bonds. The molecular weight excluding hydrogens is 316 g/mol. The Morgan fingerprint density at radius 2 is 2.20 bits per heavy atom. The summed E-state index contributed by atoms with van der Waals surface area (Å²) < 4.78 is 11.1. The number of ether oxygens (including phenoxy) is 1. The molecular formula is C19H20N4O2. The van der Waals surface area contributed by atoms with Gasteiger partial charge in [0.1, 0.15) is 5.75 Å². The summed E-state index contributed by atoms with van der Waals surface area (Å²) in [5.74, 6) is 2.46. The van der Waals surface area contributed by atoms with Gasteiger partial charge < -0.3 is 9.15 Å². The molecule has 4 rings (SSSR count). The third-order valence-corrected chi connectivity index (χ3v) is 4.57. The van der Waals surface area contributed by atoms with Crippen LogP contribution >= 0.6 is 0 Å². The van der Waals surface area contributed by atoms with Gasteiger partial charge in [-0.3, -0.25) is 9.88 Å². The van der Waals surface area contributed by atoms with Gasteiger partial charge in [0.05, 0.1) is 13.7 Å². The molecule has 3 heterocycles. The third kappa shape index (κ3) is 3.53. The first kappa shape index (κ1) is 15.8. The van der Waals surface area contributed by atoms with E-state index in [1.54, 1.807) is 7.11 Å². The van der Waals surface area contributed by atoms with Crippen LogP contribution in [-0.4, -0.2) is 40.3 Å². The molecule has 3 aromatic rings. The standard InChI is InChI=1S/C19H20N4O2/c1-24-17-6-2-4-14(10-17)19-22-21-18(25-19)13-23-9-7-16(12-23)15-5-3-8-20-11-15/h2-6,8,10-11,16H,7,9,12-13H2,1H3. The van der Waals surface area contributed by atoms with Gasteiger partial charge in [-0.05, 0) is 48.7 Å². The molecule has 1 unspecified atom stereocenters. The topological polar surface area (TPSA) is 64.3 Å². The molecule has 0 saturated carbocycles. The van der Waals surface area contributed by atoms with Gasteiger partial charge in [-0.2, -0.15) is 0 Å². The van der Waals surface area contributed by atoms with Crippen LogP contribution in [0.1, 0.15) is 23.8 Å². The maximum Gasteiger partial charge on any atom is 0.247 e. The first-order chi connectivity index (χ1) is 12.3. The second kappa shape index (κ2) is 7.03. The van der Waals surface area contributed by atoms with E-state index in [0.717, 1.165) is 30.8 Å². The fraction of sp³-hybridized carbons (Fsp3) is 0.316. The van der Waals surface area contributed by atoms with Crippen molar-refractivity contribution in [3.8, 4) is 17.2 Å². The lowest BCUT2D eigenvalue weighted by Crippen LogP contribution is -2.20. The first-order valence-electron chi connectivity index (χ1n) is 8.41. The summed E-state index contributed by atoms with van der Waals surface area (Å²) >= 11 is 0. The molecule has 1 aliphatic heterocycles. The summed E-state index contributed by atoms with van der Waals surface area (Å²) in [6.45, 7) is 2.69. The van der Waals surface area contributed by atoms with Crippen molar-refractivity contribution in [2.75, 3.05) is 20.2 Å². The molecule has 1 fully saturated rings. The van der Waals surface area contributed by atoms with Crippen molar-refractivity contribution in [3.05, 3.63) is 60.2 Å². The average molecular weight is 336 g/mol. The van der Waals surface area contributed by atoms with Crippen molar-refractivity contribution in [1.29, 1.82) is 0 Å². The number of likely N-dealkylation sites (tertiary alicyclic amines) is 1. The molecule has 0 radical (unpaired) electrons. The Hall–Kier alpha value is -2.73. The average Bonchev–Trinajstić information content (AvgIpc) is 3.33. The number of aromatic nitrogens is 3. The Labute approximate surface area is 146 Å². The van der Waals surface area contributed by atoms with Gasteiger partial charge in [0, 0.05) is 24.5 Å². The lowest BCUT2D eigenvalue weighted by Gasteiger charge is -2.13. The van der Waals surface area contributed by atoms with Crippen molar-refractivity contribution >= 4 is 0 Å². The van der Waals surface area contributed by atoms with Crippen LogP contribution in [0.4, 0.5) is 0 Å². The predicted molar refractivity (Wildman–Crippen MR) is 93.2 cm³/mol. The molecule has 2 aromatic heterocycles. The number of hydrogen-bond acceptors (Lipinski definition) is 6. The molecule has 0 spiro atoms. The van der Waals surface area contributed by atoms with E-state index in [4.69, 9.17) is 9.15 Å². The van der Waals surface area contributed by atoms with E-state index in [1.165, 1.54) is 5.56 Å². The van der Waals surface area contributed by atoms with Gasteiger partial charge in [0.25, 0.3) is 0 Å². The summed E-state index contributed by atoms with van der Waals surface area (Å²) in [7, 11) is 1.64. The monoisotopic (exact) mass is 336 g/mol. The van der Waals surface area contributed by atoms with Crippen LogP contribution in [-0.2, 0) is 6.54 Å². The lowest BCUT2D eigenvalue weighted by atomic mass is 10.0. The summed E-state index contributed by atoms with van der Waals surface area (Å²) in [5, 5.41) is 8.37. The molecule has 0 bridgehead atoms. The SMILES string of the molecule is COc1cccc(-c2nnc(CN3CCC(c4cccnc4)C3)o2)c1. The van der Waals surface area contributed by atoms with E-state index in [0.29, 0.717) is 24.2 Å². The Kier molecular flexibility index (Phi) is 4.43. The van der Waals surface area contributed by atoms with E-state index in [-0.39, 0.29) is 0 Å². The molecule has 25 heavy (non-hydrogen) atoms. The predicted octanol–water partition coefficient (Wildman–Crippen LogP) is 3.13. The van der Waals surface area contributed by atoms with Crippen molar-refractivity contribution in [1.82, 2.24) is 20.1 Å². The second-order valence-corrected chi connectivity index (χ2v) is 6.24. The van der Waals surface area contributed by atoms with Gasteiger partial charge in [-0.15, -0.1) is 10.2 Å². The number of pyridine rings is 1. The van der Waals surface area contributed by atoms with Crippen LogP contribution in [0.5, 0.6) is 5.75 Å². The van der Waals surface area contributed by atoms with Crippen LogP contribution in [0.25, 0.3) is 11.5 Å². The van der Waals surface area contributed by atoms with Crippen LogP contribution in [0, 0.1) is 0 Å². The molecule has 128 valence electrons. The molecule has 6 nitrogen and oxygen atoms in total. The largest absolute Gasteiger partial charge is 0.497 e. The van der Waals surface area contributed by atoms with Crippen LogP contribution in [0.15, 0.2) is 53.2 Å². The smallest absolute Gasteiger partial charge is 0.247 e. The molecule has 1 aliphatic rings. The fourth-order valence-corrected chi connectivity index (χ4v) is 3.25. The van der Waals surface area contributed by atoms with Gasteiger partial charge >= 0.3 is 0 Å². The highest BCUT2D eigenvalue weighted by molar-refractivity contribution is 5.55. The van der Waals surface area contributed by atoms with E-state index in [1.807, 2.05) is 42.7 Å². The highest BCUT2D eigenvalue weighted by Crippen LogP contribution is 2.28. The Morgan fingerprint density at radius 3 is 3.04 bits per heavy atom. The zero-order valence-corrected chi connectivity index (χ0v) is 14.1. The quantitative estimate of drug-likeness (QED) is 0.713. The summed E-state index contributed by atoms with van der Waals surface area (Å²) in [6.07, 6.45) is 4.90. The molecule has 0 aliphatic carbocycles. The molecule has 6 heteroatoms. The highest BCUT2D eigenvalue weighted by atomic mass is 16.5. The molecule has 1 atom stereocenters. The van der Waals surface area contributed by atoms with Crippen LogP contribution < -0.4 is 4.74 Å². The normalized spacial score (nSPS) is 17.7. The van der Waals surface area contributed by atoms with Gasteiger partial charge in [0.2, 0.25) is 11.8 Å². The Bertz CT molecular complexity index is 834. The maximum atomic E-state index is 5.84. The van der Waals surface area contributed by atoms with E-state index in [2.05, 4.69) is 26.1 Å². The first-order valence-corrected chi connectivity index (χ1v) is 8.41.